The van der Waals surface area contributed by atoms with Gasteiger partial charge in [-0.3, -0.25) is 4.90 Å². The van der Waals surface area contributed by atoms with E-state index in [1.165, 1.54) is 32.1 Å². The molecule has 0 saturated carbocycles. The first-order valence-corrected chi connectivity index (χ1v) is 7.32. The minimum Gasteiger partial charge on any atom is -0.381 e. The van der Waals surface area contributed by atoms with Crippen LogP contribution in [0.5, 0.6) is 0 Å². The second-order valence-electron chi connectivity index (χ2n) is 6.15. The van der Waals surface area contributed by atoms with E-state index >= 15 is 0 Å². The molecule has 4 atom stereocenters. The molecule has 4 unspecified atom stereocenters. The molecule has 3 nitrogen and oxygen atoms in total. The van der Waals surface area contributed by atoms with Crippen LogP contribution >= 0.6 is 0 Å². The fourth-order valence-electron chi connectivity index (χ4n) is 4.29. The summed E-state index contributed by atoms with van der Waals surface area (Å²) in [6.45, 7) is 4.41. The van der Waals surface area contributed by atoms with Crippen molar-refractivity contribution in [2.75, 3.05) is 20.3 Å². The highest BCUT2D eigenvalue weighted by molar-refractivity contribution is 5.00. The van der Waals surface area contributed by atoms with Crippen molar-refractivity contribution < 1.29 is 4.74 Å². The number of rotatable bonds is 3. The van der Waals surface area contributed by atoms with Gasteiger partial charge in [0.25, 0.3) is 0 Å². The van der Waals surface area contributed by atoms with Gasteiger partial charge in [-0.15, -0.1) is 0 Å². The summed E-state index contributed by atoms with van der Waals surface area (Å²) < 4.78 is 5.56. The van der Waals surface area contributed by atoms with Gasteiger partial charge < -0.3 is 10.1 Å². The lowest BCUT2D eigenvalue weighted by molar-refractivity contribution is 0.0462. The maximum absolute atomic E-state index is 5.56. The van der Waals surface area contributed by atoms with Gasteiger partial charge in [-0.25, -0.2) is 0 Å². The Balaban J connectivity index is 1.67. The number of piperidine rings is 1. The van der Waals surface area contributed by atoms with Crippen molar-refractivity contribution in [3.8, 4) is 0 Å². The van der Waals surface area contributed by atoms with Gasteiger partial charge in [-0.1, -0.05) is 0 Å². The summed E-state index contributed by atoms with van der Waals surface area (Å²) in [5.41, 5.74) is 0. The predicted molar refractivity (Wildman–Crippen MR) is 69.1 cm³/mol. The van der Waals surface area contributed by atoms with Gasteiger partial charge in [0.15, 0.2) is 0 Å². The predicted octanol–water partition coefficient (Wildman–Crippen LogP) is 1.63. The highest BCUT2D eigenvalue weighted by atomic mass is 16.5. The van der Waals surface area contributed by atoms with Gasteiger partial charge in [-0.05, 0) is 52.0 Å². The molecular weight excluding hydrogens is 212 g/mol. The van der Waals surface area contributed by atoms with Crippen molar-refractivity contribution in [1.29, 1.82) is 0 Å². The van der Waals surface area contributed by atoms with Gasteiger partial charge in [-0.2, -0.15) is 0 Å². The van der Waals surface area contributed by atoms with Crippen LogP contribution in [0, 0.1) is 5.92 Å². The molecule has 3 aliphatic rings. The molecule has 0 aromatic carbocycles. The Labute approximate surface area is 105 Å². The summed E-state index contributed by atoms with van der Waals surface area (Å²) >= 11 is 0. The minimum absolute atomic E-state index is 0.729. The molecule has 0 aromatic rings. The molecule has 1 N–H and O–H groups in total. The van der Waals surface area contributed by atoms with Gasteiger partial charge in [0.2, 0.25) is 0 Å². The number of nitrogens with zero attached hydrogens (tertiary/aromatic N) is 1. The van der Waals surface area contributed by atoms with Crippen LogP contribution in [0.1, 0.15) is 39.0 Å². The summed E-state index contributed by atoms with van der Waals surface area (Å²) in [7, 11) is 2.12. The van der Waals surface area contributed by atoms with Crippen LogP contribution in [-0.4, -0.2) is 49.3 Å². The van der Waals surface area contributed by atoms with Crippen molar-refractivity contribution in [1.82, 2.24) is 10.2 Å². The molecule has 0 spiro atoms. The van der Waals surface area contributed by atoms with Crippen LogP contribution in [0.3, 0.4) is 0 Å². The maximum Gasteiger partial charge on any atom is 0.0509 e. The van der Waals surface area contributed by atoms with Crippen LogP contribution in [0.2, 0.25) is 0 Å². The van der Waals surface area contributed by atoms with Gasteiger partial charge >= 0.3 is 0 Å². The molecule has 3 rings (SSSR count). The number of nitrogens with one attached hydrogen (secondary N) is 1. The molecule has 0 radical (unpaired) electrons. The number of hydrogen-bond acceptors (Lipinski definition) is 3. The van der Waals surface area contributed by atoms with Crippen LogP contribution in [-0.2, 0) is 4.74 Å². The van der Waals surface area contributed by atoms with Gasteiger partial charge in [0.1, 0.15) is 0 Å². The highest BCUT2D eigenvalue weighted by Crippen LogP contribution is 2.39. The number of fused-ring (bicyclic) bond motifs is 2. The zero-order valence-corrected chi connectivity index (χ0v) is 11.2. The van der Waals surface area contributed by atoms with Gasteiger partial charge in [0.05, 0.1) is 6.61 Å². The van der Waals surface area contributed by atoms with Crippen molar-refractivity contribution in [3.63, 3.8) is 0 Å². The van der Waals surface area contributed by atoms with Crippen molar-refractivity contribution in [2.45, 2.75) is 63.2 Å². The Bertz CT molecular complexity index is 251. The molecule has 3 heterocycles. The molecule has 3 heteroatoms. The fraction of sp³-hybridized carbons (Fsp3) is 1.00. The SMILES string of the molecule is CNC1CC2CCC(C1)N2C(C)C1CCOC1. The molecule has 3 fully saturated rings. The Morgan fingerprint density at radius 1 is 1.18 bits per heavy atom. The van der Waals surface area contributed by atoms with Crippen LogP contribution in [0.25, 0.3) is 0 Å². The monoisotopic (exact) mass is 238 g/mol. The molecule has 3 aliphatic heterocycles. The minimum atomic E-state index is 0.729. The highest BCUT2D eigenvalue weighted by Gasteiger charge is 2.44. The lowest BCUT2D eigenvalue weighted by atomic mass is 9.91. The van der Waals surface area contributed by atoms with E-state index in [0.29, 0.717) is 0 Å². The first kappa shape index (κ1) is 11.9. The molecule has 2 bridgehead atoms. The Morgan fingerprint density at radius 3 is 2.41 bits per heavy atom. The van der Waals surface area contributed by atoms with Crippen molar-refractivity contribution >= 4 is 0 Å². The molecule has 17 heavy (non-hydrogen) atoms. The van der Waals surface area contributed by atoms with E-state index in [1.54, 1.807) is 0 Å². The summed E-state index contributed by atoms with van der Waals surface area (Å²) in [6.07, 6.45) is 6.81. The second-order valence-corrected chi connectivity index (χ2v) is 6.15. The lowest BCUT2D eigenvalue weighted by Crippen LogP contribution is -2.53. The van der Waals surface area contributed by atoms with E-state index < -0.39 is 0 Å². The summed E-state index contributed by atoms with van der Waals surface area (Å²) in [5, 5.41) is 3.48. The quantitative estimate of drug-likeness (QED) is 0.809. The zero-order chi connectivity index (χ0) is 11.8. The zero-order valence-electron chi connectivity index (χ0n) is 11.2. The van der Waals surface area contributed by atoms with Gasteiger partial charge in [0, 0.05) is 30.8 Å². The normalized spacial score (nSPS) is 44.1. The largest absolute Gasteiger partial charge is 0.381 e. The molecule has 0 aromatic heterocycles. The van der Waals surface area contributed by atoms with E-state index in [2.05, 4.69) is 24.2 Å². The topological polar surface area (TPSA) is 24.5 Å². The molecule has 98 valence electrons. The smallest absolute Gasteiger partial charge is 0.0509 e. The third kappa shape index (κ3) is 2.13. The molecule has 0 aliphatic carbocycles. The average molecular weight is 238 g/mol. The average Bonchev–Trinajstić information content (AvgIpc) is 2.95. The lowest BCUT2D eigenvalue weighted by Gasteiger charge is -2.44. The summed E-state index contributed by atoms with van der Waals surface area (Å²) in [5.74, 6) is 0.782. The Kier molecular flexibility index (Phi) is 3.42. The Hall–Kier alpha value is -0.120. The van der Waals surface area contributed by atoms with E-state index in [9.17, 15) is 0 Å². The maximum atomic E-state index is 5.56. The van der Waals surface area contributed by atoms with E-state index in [0.717, 1.165) is 43.3 Å². The van der Waals surface area contributed by atoms with E-state index in [4.69, 9.17) is 4.74 Å². The first-order chi connectivity index (χ1) is 8.29. The third-order valence-electron chi connectivity index (χ3n) is 5.32. The van der Waals surface area contributed by atoms with Crippen LogP contribution in [0.15, 0.2) is 0 Å². The summed E-state index contributed by atoms with van der Waals surface area (Å²) in [4.78, 5) is 2.84. The van der Waals surface area contributed by atoms with Crippen LogP contribution < -0.4 is 5.32 Å². The Morgan fingerprint density at radius 2 is 1.88 bits per heavy atom. The summed E-state index contributed by atoms with van der Waals surface area (Å²) in [6, 6.07) is 3.16. The third-order valence-corrected chi connectivity index (χ3v) is 5.32. The first-order valence-electron chi connectivity index (χ1n) is 7.32. The fourth-order valence-corrected chi connectivity index (χ4v) is 4.29. The molecular formula is C14H26N2O. The van der Waals surface area contributed by atoms with E-state index in [1.807, 2.05) is 0 Å². The van der Waals surface area contributed by atoms with E-state index in [-0.39, 0.29) is 0 Å². The van der Waals surface area contributed by atoms with Crippen molar-refractivity contribution in [2.24, 2.45) is 5.92 Å². The standard InChI is InChI=1S/C14H26N2O/c1-10(11-5-6-17-9-11)16-13-3-4-14(16)8-12(7-13)15-2/h10-15H,3-9H2,1-2H3. The number of hydrogen-bond donors (Lipinski definition) is 1. The second kappa shape index (κ2) is 4.87. The number of ether oxygens (including phenoxy) is 1. The van der Waals surface area contributed by atoms with Crippen molar-refractivity contribution in [3.05, 3.63) is 0 Å². The van der Waals surface area contributed by atoms with Crippen LogP contribution in [0.4, 0.5) is 0 Å². The molecule has 0 amide bonds. The molecule has 3 saturated heterocycles.